The van der Waals surface area contributed by atoms with Crippen LogP contribution in [0.4, 0.5) is 0 Å². The summed E-state index contributed by atoms with van der Waals surface area (Å²) in [6.45, 7) is 7.60. The second kappa shape index (κ2) is 4.84. The molecule has 104 valence electrons. The van der Waals surface area contributed by atoms with Gasteiger partial charge < -0.3 is 10.0 Å². The first kappa shape index (κ1) is 13.9. The third-order valence-corrected chi connectivity index (χ3v) is 4.80. The van der Waals surface area contributed by atoms with E-state index in [1.54, 1.807) is 0 Å². The topological polar surface area (TPSA) is 40.5 Å². The predicted molar refractivity (Wildman–Crippen MR) is 72.2 cm³/mol. The average Bonchev–Trinajstić information content (AvgIpc) is 2.24. The van der Waals surface area contributed by atoms with Crippen LogP contribution in [0.1, 0.15) is 59.3 Å². The summed E-state index contributed by atoms with van der Waals surface area (Å²) in [6.07, 6.45) is 6.38. The van der Waals surface area contributed by atoms with Gasteiger partial charge in [-0.15, -0.1) is 0 Å². The largest absolute Gasteiger partial charge is 0.386 e. The van der Waals surface area contributed by atoms with Gasteiger partial charge in [-0.05, 0) is 24.7 Å². The Labute approximate surface area is 111 Å². The van der Waals surface area contributed by atoms with E-state index in [0.717, 1.165) is 25.7 Å². The van der Waals surface area contributed by atoms with Crippen molar-refractivity contribution in [3.8, 4) is 0 Å². The van der Waals surface area contributed by atoms with Gasteiger partial charge in [0.2, 0.25) is 5.91 Å². The molecule has 2 rings (SSSR count). The van der Waals surface area contributed by atoms with E-state index in [-0.39, 0.29) is 17.2 Å². The van der Waals surface area contributed by atoms with Crippen LogP contribution in [0.5, 0.6) is 0 Å². The number of nitrogens with zero attached hydrogens (tertiary/aromatic N) is 1. The van der Waals surface area contributed by atoms with Crippen molar-refractivity contribution in [2.24, 2.45) is 11.3 Å². The zero-order valence-electron chi connectivity index (χ0n) is 12.0. The van der Waals surface area contributed by atoms with Crippen LogP contribution >= 0.6 is 0 Å². The minimum atomic E-state index is -0.594. The Morgan fingerprint density at radius 2 is 2.00 bits per heavy atom. The maximum absolute atomic E-state index is 12.5. The molecular formula is C15H27NO2. The fraction of sp³-hybridized carbons (Fsp3) is 0.933. The molecule has 1 atom stereocenters. The SMILES string of the molecule is CCCC1(O)CN(C(=O)C2CCCCC2(C)C)C1. The summed E-state index contributed by atoms with van der Waals surface area (Å²) in [6, 6.07) is 0. The highest BCUT2D eigenvalue weighted by atomic mass is 16.3. The van der Waals surface area contributed by atoms with Crippen LogP contribution in [-0.2, 0) is 4.79 Å². The number of likely N-dealkylation sites (tertiary alicyclic amines) is 1. The van der Waals surface area contributed by atoms with Crippen molar-refractivity contribution in [3.05, 3.63) is 0 Å². The van der Waals surface area contributed by atoms with Crippen LogP contribution < -0.4 is 0 Å². The lowest BCUT2D eigenvalue weighted by molar-refractivity contribution is -0.165. The van der Waals surface area contributed by atoms with Crippen molar-refractivity contribution in [2.75, 3.05) is 13.1 Å². The lowest BCUT2D eigenvalue weighted by Crippen LogP contribution is -2.65. The highest BCUT2D eigenvalue weighted by Crippen LogP contribution is 2.42. The number of β-amino-alcohol motifs (C(OH)–C–C–N with tert-alkyl or cyclic N) is 1. The maximum atomic E-state index is 12.5. The van der Waals surface area contributed by atoms with Gasteiger partial charge in [-0.3, -0.25) is 4.79 Å². The van der Waals surface area contributed by atoms with Crippen molar-refractivity contribution in [1.82, 2.24) is 4.90 Å². The molecule has 1 N–H and O–H groups in total. The fourth-order valence-corrected chi connectivity index (χ4v) is 3.62. The Bertz CT molecular complexity index is 318. The van der Waals surface area contributed by atoms with Gasteiger partial charge in [0.15, 0.2) is 0 Å². The molecule has 1 amide bonds. The van der Waals surface area contributed by atoms with E-state index >= 15 is 0 Å². The van der Waals surface area contributed by atoms with Crippen LogP contribution in [0.2, 0.25) is 0 Å². The molecule has 2 fully saturated rings. The fourth-order valence-electron chi connectivity index (χ4n) is 3.62. The average molecular weight is 253 g/mol. The van der Waals surface area contributed by atoms with E-state index < -0.39 is 5.60 Å². The first-order valence-corrected chi connectivity index (χ1v) is 7.39. The van der Waals surface area contributed by atoms with E-state index in [0.29, 0.717) is 13.1 Å². The summed E-state index contributed by atoms with van der Waals surface area (Å²) in [4.78, 5) is 14.4. The van der Waals surface area contributed by atoms with E-state index in [9.17, 15) is 9.90 Å². The van der Waals surface area contributed by atoms with Crippen molar-refractivity contribution >= 4 is 5.91 Å². The van der Waals surface area contributed by atoms with Gasteiger partial charge in [0.1, 0.15) is 0 Å². The summed E-state index contributed by atoms with van der Waals surface area (Å²) in [5.41, 5.74) is -0.461. The monoisotopic (exact) mass is 253 g/mol. The molecule has 1 aliphatic heterocycles. The van der Waals surface area contributed by atoms with Gasteiger partial charge in [0, 0.05) is 5.92 Å². The third kappa shape index (κ3) is 2.56. The molecule has 1 saturated heterocycles. The van der Waals surface area contributed by atoms with E-state index in [4.69, 9.17) is 0 Å². The molecule has 18 heavy (non-hydrogen) atoms. The zero-order chi connectivity index (χ0) is 13.4. The molecule has 0 aromatic heterocycles. The maximum Gasteiger partial charge on any atom is 0.226 e. The van der Waals surface area contributed by atoms with Gasteiger partial charge in [0.25, 0.3) is 0 Å². The van der Waals surface area contributed by atoms with Crippen LogP contribution in [0.3, 0.4) is 0 Å². The minimum absolute atomic E-state index is 0.133. The molecule has 0 aromatic rings. The number of rotatable bonds is 3. The van der Waals surface area contributed by atoms with Crippen molar-refractivity contribution in [3.63, 3.8) is 0 Å². The smallest absolute Gasteiger partial charge is 0.226 e. The lowest BCUT2D eigenvalue weighted by Gasteiger charge is -2.50. The number of hydrogen-bond donors (Lipinski definition) is 1. The molecular weight excluding hydrogens is 226 g/mol. The summed E-state index contributed by atoms with van der Waals surface area (Å²) in [5, 5.41) is 10.2. The summed E-state index contributed by atoms with van der Waals surface area (Å²) >= 11 is 0. The number of carbonyl (C=O) groups is 1. The van der Waals surface area contributed by atoms with Gasteiger partial charge >= 0.3 is 0 Å². The van der Waals surface area contributed by atoms with Crippen LogP contribution in [-0.4, -0.2) is 34.6 Å². The summed E-state index contributed by atoms with van der Waals surface area (Å²) in [5.74, 6) is 0.443. The van der Waals surface area contributed by atoms with Gasteiger partial charge in [-0.25, -0.2) is 0 Å². The number of amides is 1. The van der Waals surface area contributed by atoms with E-state index in [1.165, 1.54) is 12.8 Å². The Hall–Kier alpha value is -0.570. The molecule has 0 radical (unpaired) electrons. The van der Waals surface area contributed by atoms with E-state index in [1.807, 2.05) is 4.90 Å². The quantitative estimate of drug-likeness (QED) is 0.840. The van der Waals surface area contributed by atoms with Crippen molar-refractivity contribution in [1.29, 1.82) is 0 Å². The molecule has 0 bridgehead atoms. The van der Waals surface area contributed by atoms with Crippen molar-refractivity contribution in [2.45, 2.75) is 64.9 Å². The van der Waals surface area contributed by atoms with Crippen LogP contribution in [0.25, 0.3) is 0 Å². The number of hydrogen-bond acceptors (Lipinski definition) is 2. The molecule has 1 aliphatic carbocycles. The summed E-state index contributed by atoms with van der Waals surface area (Å²) < 4.78 is 0. The minimum Gasteiger partial charge on any atom is -0.386 e. The molecule has 0 aromatic carbocycles. The second-order valence-electron chi connectivity index (χ2n) is 6.96. The molecule has 0 spiro atoms. The molecule has 2 aliphatic rings. The molecule has 1 heterocycles. The third-order valence-electron chi connectivity index (χ3n) is 4.80. The van der Waals surface area contributed by atoms with Crippen LogP contribution in [0.15, 0.2) is 0 Å². The highest BCUT2D eigenvalue weighted by Gasteiger charge is 2.47. The Kier molecular flexibility index (Phi) is 3.72. The first-order chi connectivity index (χ1) is 8.38. The zero-order valence-corrected chi connectivity index (χ0v) is 12.0. The predicted octanol–water partition coefficient (Wildman–Crippen LogP) is 2.58. The van der Waals surface area contributed by atoms with Crippen LogP contribution in [0, 0.1) is 11.3 Å². The second-order valence-corrected chi connectivity index (χ2v) is 6.96. The number of aliphatic hydroxyl groups is 1. The standard InChI is InChI=1S/C15H27NO2/c1-4-8-15(18)10-16(11-15)13(17)12-7-5-6-9-14(12,2)3/h12,18H,4-11H2,1-3H3. The van der Waals surface area contributed by atoms with Crippen molar-refractivity contribution < 1.29 is 9.90 Å². The molecule has 1 unspecified atom stereocenters. The van der Waals surface area contributed by atoms with Gasteiger partial charge in [-0.2, -0.15) is 0 Å². The highest BCUT2D eigenvalue weighted by molar-refractivity contribution is 5.80. The van der Waals surface area contributed by atoms with E-state index in [2.05, 4.69) is 20.8 Å². The normalized spacial score (nSPS) is 29.8. The Morgan fingerprint density at radius 3 is 2.56 bits per heavy atom. The summed E-state index contributed by atoms with van der Waals surface area (Å²) in [7, 11) is 0. The molecule has 3 nitrogen and oxygen atoms in total. The van der Waals surface area contributed by atoms with Gasteiger partial charge in [0.05, 0.1) is 18.7 Å². The van der Waals surface area contributed by atoms with Gasteiger partial charge in [-0.1, -0.05) is 40.0 Å². The molecule has 3 heteroatoms. The molecule has 1 saturated carbocycles. The Balaban J connectivity index is 1.93. The Morgan fingerprint density at radius 1 is 1.33 bits per heavy atom. The number of carbonyl (C=O) groups excluding carboxylic acids is 1. The lowest BCUT2D eigenvalue weighted by atomic mass is 9.68. The first-order valence-electron chi connectivity index (χ1n) is 7.39.